The second kappa shape index (κ2) is 5.72. The van der Waals surface area contributed by atoms with Crippen LogP contribution in [-0.4, -0.2) is 23.1 Å². The van der Waals surface area contributed by atoms with Crippen molar-refractivity contribution >= 4 is 11.9 Å². The molecule has 0 aromatic heterocycles. The molecular weight excluding hydrogens is 232 g/mol. The molecule has 104 valence electrons. The Morgan fingerprint density at radius 1 is 1.17 bits per heavy atom. The van der Waals surface area contributed by atoms with Crippen LogP contribution in [0.5, 0.6) is 0 Å². The summed E-state index contributed by atoms with van der Waals surface area (Å²) in [6.07, 6.45) is 2.80. The fraction of sp³-hybridized carbons (Fsp3) is 0.857. The van der Waals surface area contributed by atoms with Crippen LogP contribution in [-0.2, 0) is 14.3 Å². The minimum absolute atomic E-state index is 0.122. The predicted octanol–water partition coefficient (Wildman–Crippen LogP) is 2.86. The van der Waals surface area contributed by atoms with Gasteiger partial charge in [0.15, 0.2) is 0 Å². The van der Waals surface area contributed by atoms with Gasteiger partial charge in [-0.25, -0.2) is 0 Å². The summed E-state index contributed by atoms with van der Waals surface area (Å²) in [6, 6.07) is 0. The lowest BCUT2D eigenvalue weighted by molar-refractivity contribution is -0.166. The van der Waals surface area contributed by atoms with Crippen LogP contribution in [0.3, 0.4) is 0 Å². The Morgan fingerprint density at radius 3 is 2.11 bits per heavy atom. The highest BCUT2D eigenvalue weighted by molar-refractivity contribution is 5.81. The van der Waals surface area contributed by atoms with E-state index in [1.807, 2.05) is 27.7 Å². The van der Waals surface area contributed by atoms with Crippen LogP contribution < -0.4 is 0 Å². The first-order valence-corrected chi connectivity index (χ1v) is 6.66. The molecule has 3 unspecified atom stereocenters. The Kier molecular flexibility index (Phi) is 4.77. The maximum absolute atomic E-state index is 12.1. The number of esters is 1. The van der Waals surface area contributed by atoms with E-state index in [-0.39, 0.29) is 17.5 Å². The van der Waals surface area contributed by atoms with Crippen molar-refractivity contribution in [2.45, 2.75) is 59.5 Å². The Hall–Kier alpha value is -1.06. The Bertz CT molecular complexity index is 316. The van der Waals surface area contributed by atoms with E-state index in [2.05, 4.69) is 0 Å². The van der Waals surface area contributed by atoms with Gasteiger partial charge in [-0.1, -0.05) is 33.6 Å². The van der Waals surface area contributed by atoms with Crippen LogP contribution in [0.15, 0.2) is 0 Å². The fourth-order valence-corrected chi connectivity index (χ4v) is 2.15. The van der Waals surface area contributed by atoms with Crippen molar-refractivity contribution in [3.8, 4) is 0 Å². The van der Waals surface area contributed by atoms with Crippen molar-refractivity contribution in [1.29, 1.82) is 0 Å². The molecule has 0 aromatic rings. The van der Waals surface area contributed by atoms with E-state index in [9.17, 15) is 9.59 Å². The summed E-state index contributed by atoms with van der Waals surface area (Å²) < 4.78 is 5.43. The summed E-state index contributed by atoms with van der Waals surface area (Å²) >= 11 is 0. The molecule has 0 heterocycles. The molecule has 0 aromatic carbocycles. The van der Waals surface area contributed by atoms with Gasteiger partial charge in [0.2, 0.25) is 0 Å². The summed E-state index contributed by atoms with van der Waals surface area (Å²) in [5.74, 6) is -2.26. The van der Waals surface area contributed by atoms with Gasteiger partial charge < -0.3 is 9.84 Å². The van der Waals surface area contributed by atoms with E-state index in [4.69, 9.17) is 9.84 Å². The molecule has 1 rings (SSSR count). The summed E-state index contributed by atoms with van der Waals surface area (Å²) in [5, 5.41) is 9.14. The molecule has 1 fully saturated rings. The summed E-state index contributed by atoms with van der Waals surface area (Å²) in [5.41, 5.74) is -0.122. The van der Waals surface area contributed by atoms with E-state index < -0.39 is 17.8 Å². The number of carbonyl (C=O) groups is 2. The second-order valence-corrected chi connectivity index (χ2v) is 6.28. The maximum Gasteiger partial charge on any atom is 0.310 e. The zero-order valence-corrected chi connectivity index (χ0v) is 11.7. The van der Waals surface area contributed by atoms with Crippen molar-refractivity contribution in [3.05, 3.63) is 0 Å². The van der Waals surface area contributed by atoms with Crippen LogP contribution in [0.4, 0.5) is 0 Å². The van der Waals surface area contributed by atoms with Crippen molar-refractivity contribution in [3.63, 3.8) is 0 Å². The topological polar surface area (TPSA) is 63.6 Å². The standard InChI is InChI=1S/C14H24O4/c1-9(14(2,3)4)18-13(17)11-8-6-5-7-10(11)12(15)16/h9-11H,5-8H2,1-4H3,(H,15,16). The first kappa shape index (κ1) is 15.0. The average Bonchev–Trinajstić information content (AvgIpc) is 2.27. The molecule has 1 aliphatic rings. The molecule has 1 saturated carbocycles. The number of rotatable bonds is 3. The lowest BCUT2D eigenvalue weighted by atomic mass is 9.79. The number of hydrogen-bond donors (Lipinski definition) is 1. The van der Waals surface area contributed by atoms with Gasteiger partial charge in [-0.05, 0) is 25.2 Å². The van der Waals surface area contributed by atoms with Crippen LogP contribution in [0, 0.1) is 17.3 Å². The van der Waals surface area contributed by atoms with Crippen LogP contribution in [0.25, 0.3) is 0 Å². The molecule has 0 spiro atoms. The van der Waals surface area contributed by atoms with Crippen LogP contribution in [0.2, 0.25) is 0 Å². The molecule has 4 nitrogen and oxygen atoms in total. The highest BCUT2D eigenvalue weighted by Crippen LogP contribution is 2.32. The SMILES string of the molecule is CC(OC(=O)C1CCCCC1C(=O)O)C(C)(C)C. The van der Waals surface area contributed by atoms with Gasteiger partial charge in [0.1, 0.15) is 6.10 Å². The van der Waals surface area contributed by atoms with Crippen LogP contribution >= 0.6 is 0 Å². The maximum atomic E-state index is 12.1. The van der Waals surface area contributed by atoms with Gasteiger partial charge in [-0.15, -0.1) is 0 Å². The number of carbonyl (C=O) groups excluding carboxylic acids is 1. The van der Waals surface area contributed by atoms with Gasteiger partial charge in [0.05, 0.1) is 11.8 Å². The first-order chi connectivity index (χ1) is 8.23. The van der Waals surface area contributed by atoms with Crippen molar-refractivity contribution in [1.82, 2.24) is 0 Å². The fourth-order valence-electron chi connectivity index (χ4n) is 2.15. The molecule has 18 heavy (non-hydrogen) atoms. The first-order valence-electron chi connectivity index (χ1n) is 6.66. The number of aliphatic carboxylic acids is 1. The lowest BCUT2D eigenvalue weighted by Gasteiger charge is -2.31. The van der Waals surface area contributed by atoms with Crippen molar-refractivity contribution in [2.75, 3.05) is 0 Å². The molecule has 0 radical (unpaired) electrons. The third-order valence-electron chi connectivity index (χ3n) is 3.90. The number of ether oxygens (including phenoxy) is 1. The Balaban J connectivity index is 2.67. The van der Waals surface area contributed by atoms with Gasteiger partial charge in [0, 0.05) is 0 Å². The third kappa shape index (κ3) is 3.72. The van der Waals surface area contributed by atoms with Gasteiger partial charge >= 0.3 is 11.9 Å². The highest BCUT2D eigenvalue weighted by Gasteiger charge is 2.38. The minimum Gasteiger partial charge on any atom is -0.481 e. The molecule has 0 amide bonds. The average molecular weight is 256 g/mol. The molecule has 0 aliphatic heterocycles. The summed E-state index contributed by atoms with van der Waals surface area (Å²) in [7, 11) is 0. The monoisotopic (exact) mass is 256 g/mol. The third-order valence-corrected chi connectivity index (χ3v) is 3.90. The van der Waals surface area contributed by atoms with Crippen LogP contribution in [0.1, 0.15) is 53.4 Å². The lowest BCUT2D eigenvalue weighted by Crippen LogP contribution is -2.37. The zero-order valence-electron chi connectivity index (χ0n) is 11.7. The largest absolute Gasteiger partial charge is 0.481 e. The van der Waals surface area contributed by atoms with Gasteiger partial charge in [-0.2, -0.15) is 0 Å². The van der Waals surface area contributed by atoms with E-state index >= 15 is 0 Å². The second-order valence-electron chi connectivity index (χ2n) is 6.28. The zero-order chi connectivity index (χ0) is 13.9. The predicted molar refractivity (Wildman–Crippen MR) is 68.1 cm³/mol. The van der Waals surface area contributed by atoms with Crippen molar-refractivity contribution in [2.24, 2.45) is 17.3 Å². The Morgan fingerprint density at radius 2 is 1.67 bits per heavy atom. The molecule has 1 aliphatic carbocycles. The van der Waals surface area contributed by atoms with E-state index in [1.165, 1.54) is 0 Å². The molecule has 0 bridgehead atoms. The van der Waals surface area contributed by atoms with Gasteiger partial charge in [0.25, 0.3) is 0 Å². The number of carboxylic acids is 1. The molecule has 1 N–H and O–H groups in total. The quantitative estimate of drug-likeness (QED) is 0.789. The van der Waals surface area contributed by atoms with E-state index in [0.29, 0.717) is 12.8 Å². The molecule has 4 heteroatoms. The highest BCUT2D eigenvalue weighted by atomic mass is 16.5. The summed E-state index contributed by atoms with van der Waals surface area (Å²) in [4.78, 5) is 23.2. The number of carboxylic acid groups (broad SMARTS) is 1. The van der Waals surface area contributed by atoms with E-state index in [0.717, 1.165) is 12.8 Å². The Labute approximate surface area is 109 Å². The summed E-state index contributed by atoms with van der Waals surface area (Å²) in [6.45, 7) is 7.86. The van der Waals surface area contributed by atoms with Crippen molar-refractivity contribution < 1.29 is 19.4 Å². The molecule has 0 saturated heterocycles. The minimum atomic E-state index is -0.875. The smallest absolute Gasteiger partial charge is 0.310 e. The van der Waals surface area contributed by atoms with Gasteiger partial charge in [-0.3, -0.25) is 9.59 Å². The number of hydrogen-bond acceptors (Lipinski definition) is 3. The molecule has 3 atom stereocenters. The van der Waals surface area contributed by atoms with E-state index in [1.54, 1.807) is 0 Å². The molecular formula is C14H24O4. The normalized spacial score (nSPS) is 26.4.